The van der Waals surface area contributed by atoms with Crippen molar-refractivity contribution in [3.8, 4) is 0 Å². The van der Waals surface area contributed by atoms with Gasteiger partial charge in [0.05, 0.1) is 0 Å². The van der Waals surface area contributed by atoms with Crippen molar-refractivity contribution in [1.29, 1.82) is 0 Å². The average molecular weight is 248 g/mol. The predicted molar refractivity (Wildman–Crippen MR) is 62.5 cm³/mol. The lowest BCUT2D eigenvalue weighted by Crippen LogP contribution is -2.35. The minimum absolute atomic E-state index is 0.0562. The molecule has 1 aromatic rings. The highest BCUT2D eigenvalue weighted by atomic mass is 35.5. The summed E-state index contributed by atoms with van der Waals surface area (Å²) >= 11 is 5.76. The Labute approximate surface area is 99.8 Å². The lowest BCUT2D eigenvalue weighted by atomic mass is 10.1. The van der Waals surface area contributed by atoms with Gasteiger partial charge in [0.25, 0.3) is 0 Å². The van der Waals surface area contributed by atoms with Crippen LogP contribution in [0, 0.1) is 17.6 Å². The van der Waals surface area contributed by atoms with Crippen LogP contribution in [0.2, 0.25) is 0 Å². The first-order valence-electron chi connectivity index (χ1n) is 5.28. The Morgan fingerprint density at radius 1 is 1.25 bits per heavy atom. The van der Waals surface area contributed by atoms with Gasteiger partial charge in [0.1, 0.15) is 11.6 Å². The van der Waals surface area contributed by atoms with Crippen LogP contribution in [0.15, 0.2) is 18.2 Å². The van der Waals surface area contributed by atoms with Crippen molar-refractivity contribution in [3.63, 3.8) is 0 Å². The molecule has 0 spiro atoms. The number of rotatable bonds is 5. The van der Waals surface area contributed by atoms with Gasteiger partial charge in [-0.25, -0.2) is 8.78 Å². The molecule has 90 valence electrons. The van der Waals surface area contributed by atoms with Crippen LogP contribution in [-0.4, -0.2) is 11.9 Å². The average Bonchev–Trinajstić information content (AvgIpc) is 2.22. The zero-order chi connectivity index (χ0) is 12.1. The summed E-state index contributed by atoms with van der Waals surface area (Å²) in [6.07, 6.45) is 0. The molecule has 0 aromatic heterocycles. The van der Waals surface area contributed by atoms with Crippen LogP contribution < -0.4 is 5.32 Å². The van der Waals surface area contributed by atoms with Crippen molar-refractivity contribution in [2.45, 2.75) is 26.4 Å². The summed E-state index contributed by atoms with van der Waals surface area (Å²) in [7, 11) is 0. The van der Waals surface area contributed by atoms with Crippen LogP contribution >= 0.6 is 11.6 Å². The molecule has 1 unspecified atom stereocenters. The smallest absolute Gasteiger partial charge is 0.130 e. The van der Waals surface area contributed by atoms with Crippen LogP contribution in [0.5, 0.6) is 0 Å². The van der Waals surface area contributed by atoms with E-state index in [1.165, 1.54) is 18.2 Å². The fraction of sp³-hybridized carbons (Fsp3) is 0.500. The van der Waals surface area contributed by atoms with Crippen molar-refractivity contribution in [3.05, 3.63) is 35.4 Å². The fourth-order valence-corrected chi connectivity index (χ4v) is 1.87. The van der Waals surface area contributed by atoms with E-state index in [0.717, 1.165) is 0 Å². The third kappa shape index (κ3) is 3.42. The minimum Gasteiger partial charge on any atom is -0.308 e. The van der Waals surface area contributed by atoms with Gasteiger partial charge in [-0.1, -0.05) is 19.9 Å². The van der Waals surface area contributed by atoms with E-state index < -0.39 is 11.6 Å². The number of benzene rings is 1. The second kappa shape index (κ2) is 6.16. The molecule has 4 heteroatoms. The molecule has 1 aromatic carbocycles. The minimum atomic E-state index is -0.524. The number of hydrogen-bond donors (Lipinski definition) is 1. The third-order valence-electron chi connectivity index (χ3n) is 2.57. The van der Waals surface area contributed by atoms with Crippen molar-refractivity contribution in [2.75, 3.05) is 5.88 Å². The molecule has 0 saturated heterocycles. The Morgan fingerprint density at radius 3 is 2.25 bits per heavy atom. The number of hydrogen-bond acceptors (Lipinski definition) is 1. The van der Waals surface area contributed by atoms with Crippen LogP contribution in [0.1, 0.15) is 19.4 Å². The Kier molecular flexibility index (Phi) is 5.16. The fourth-order valence-electron chi connectivity index (χ4n) is 1.40. The summed E-state index contributed by atoms with van der Waals surface area (Å²) in [5.74, 6) is -0.296. The highest BCUT2D eigenvalue weighted by molar-refractivity contribution is 6.18. The molecule has 1 rings (SSSR count). The van der Waals surface area contributed by atoms with Gasteiger partial charge in [-0.05, 0) is 18.1 Å². The number of halogens is 3. The Hall–Kier alpha value is -0.670. The van der Waals surface area contributed by atoms with Gasteiger partial charge in [0, 0.05) is 24.0 Å². The molecule has 0 aliphatic carbocycles. The van der Waals surface area contributed by atoms with Crippen molar-refractivity contribution in [2.24, 2.45) is 5.92 Å². The molecule has 0 saturated carbocycles. The van der Waals surface area contributed by atoms with Gasteiger partial charge >= 0.3 is 0 Å². The molecule has 16 heavy (non-hydrogen) atoms. The SMILES string of the molecule is CC(C)C(CCl)NCc1c(F)cccc1F. The molecule has 0 amide bonds. The quantitative estimate of drug-likeness (QED) is 0.787. The second-order valence-corrected chi connectivity index (χ2v) is 4.39. The van der Waals surface area contributed by atoms with E-state index in [1.807, 2.05) is 13.8 Å². The molecule has 0 fully saturated rings. The van der Waals surface area contributed by atoms with Gasteiger partial charge in [-0.2, -0.15) is 0 Å². The zero-order valence-electron chi connectivity index (χ0n) is 9.43. The largest absolute Gasteiger partial charge is 0.308 e. The Morgan fingerprint density at radius 2 is 1.81 bits per heavy atom. The first-order chi connectivity index (χ1) is 7.56. The van der Waals surface area contributed by atoms with E-state index in [0.29, 0.717) is 11.8 Å². The third-order valence-corrected chi connectivity index (χ3v) is 2.91. The summed E-state index contributed by atoms with van der Waals surface area (Å²) in [6.45, 7) is 4.18. The van der Waals surface area contributed by atoms with E-state index >= 15 is 0 Å². The van der Waals surface area contributed by atoms with Crippen LogP contribution in [0.3, 0.4) is 0 Å². The topological polar surface area (TPSA) is 12.0 Å². The van der Waals surface area contributed by atoms with Crippen LogP contribution in [0.4, 0.5) is 8.78 Å². The monoisotopic (exact) mass is 247 g/mol. The second-order valence-electron chi connectivity index (χ2n) is 4.09. The summed E-state index contributed by atoms with van der Waals surface area (Å²) in [6, 6.07) is 3.92. The van der Waals surface area contributed by atoms with Crippen LogP contribution in [0.25, 0.3) is 0 Å². The van der Waals surface area contributed by atoms with Gasteiger partial charge < -0.3 is 5.32 Å². The van der Waals surface area contributed by atoms with E-state index in [4.69, 9.17) is 11.6 Å². The van der Waals surface area contributed by atoms with Gasteiger partial charge in [0.15, 0.2) is 0 Å². The number of alkyl halides is 1. The maximum Gasteiger partial charge on any atom is 0.130 e. The maximum absolute atomic E-state index is 13.3. The summed E-state index contributed by atoms with van der Waals surface area (Å²) < 4.78 is 26.6. The molecule has 0 bridgehead atoms. The summed E-state index contributed by atoms with van der Waals surface area (Å²) in [5, 5.41) is 3.05. The van der Waals surface area contributed by atoms with Gasteiger partial charge in [0.2, 0.25) is 0 Å². The molecule has 1 nitrogen and oxygen atoms in total. The van der Waals surface area contributed by atoms with Crippen molar-refractivity contribution >= 4 is 11.6 Å². The molecule has 1 atom stereocenters. The molecule has 0 aliphatic rings. The Balaban J connectivity index is 2.67. The van der Waals surface area contributed by atoms with Crippen LogP contribution in [-0.2, 0) is 6.54 Å². The highest BCUT2D eigenvalue weighted by Gasteiger charge is 2.14. The lowest BCUT2D eigenvalue weighted by molar-refractivity contribution is 0.419. The van der Waals surface area contributed by atoms with E-state index in [2.05, 4.69) is 5.32 Å². The first kappa shape index (κ1) is 13.4. The predicted octanol–water partition coefficient (Wildman–Crippen LogP) is 3.32. The lowest BCUT2D eigenvalue weighted by Gasteiger charge is -2.20. The van der Waals surface area contributed by atoms with Gasteiger partial charge in [-0.15, -0.1) is 11.6 Å². The molecular formula is C12H16ClF2N. The molecular weight excluding hydrogens is 232 g/mol. The van der Waals surface area contributed by atoms with E-state index in [-0.39, 0.29) is 18.2 Å². The molecule has 0 aliphatic heterocycles. The highest BCUT2D eigenvalue weighted by Crippen LogP contribution is 2.13. The molecule has 0 heterocycles. The Bertz CT molecular complexity index is 322. The molecule has 0 radical (unpaired) electrons. The standard InChI is InChI=1S/C12H16ClF2N/c1-8(2)12(6-13)16-7-9-10(14)4-3-5-11(9)15/h3-5,8,12,16H,6-7H2,1-2H3. The van der Waals surface area contributed by atoms with E-state index in [9.17, 15) is 8.78 Å². The zero-order valence-corrected chi connectivity index (χ0v) is 10.2. The normalized spacial score (nSPS) is 13.1. The first-order valence-corrected chi connectivity index (χ1v) is 5.82. The van der Waals surface area contributed by atoms with E-state index in [1.54, 1.807) is 0 Å². The maximum atomic E-state index is 13.3. The molecule has 1 N–H and O–H groups in total. The van der Waals surface area contributed by atoms with Crippen molar-refractivity contribution < 1.29 is 8.78 Å². The summed E-state index contributed by atoms with van der Waals surface area (Å²) in [5.41, 5.74) is 0.0678. The van der Waals surface area contributed by atoms with Gasteiger partial charge in [-0.3, -0.25) is 0 Å². The van der Waals surface area contributed by atoms with Crippen molar-refractivity contribution in [1.82, 2.24) is 5.32 Å². The number of nitrogens with one attached hydrogen (secondary N) is 1. The summed E-state index contributed by atoms with van der Waals surface area (Å²) in [4.78, 5) is 0.